The van der Waals surface area contributed by atoms with E-state index in [4.69, 9.17) is 14.5 Å². The van der Waals surface area contributed by atoms with Crippen molar-refractivity contribution in [2.45, 2.75) is 14.4 Å². The molecule has 0 aliphatic carbocycles. The third-order valence-corrected chi connectivity index (χ3v) is 5.31. The standard InChI is InChI=1S/C26H28N6O3.C2H5F.CH4/c1-5-25(33)29-22-14-21(23(34-4)15-24(22)35-13-12-32(2)3)31-26-27-11-10-20(30-26)18-16-28-19-9-7-6-8-17(18)19;1-2-3;/h5-11,14-16,28H,1,12-13H2,2-4H3,(H,29,33)(H,27,30,31);2H2,1H3;1H4. The molecule has 4 rings (SSSR count). The highest BCUT2D eigenvalue weighted by atomic mass is 19.1. The van der Waals surface area contributed by atoms with Gasteiger partial charge in [0, 0.05) is 41.5 Å². The summed E-state index contributed by atoms with van der Waals surface area (Å²) in [5.41, 5.74) is 3.82. The molecule has 0 spiro atoms. The summed E-state index contributed by atoms with van der Waals surface area (Å²) >= 11 is 0. The van der Waals surface area contributed by atoms with Crippen molar-refractivity contribution in [2.24, 2.45) is 0 Å². The maximum absolute atomic E-state index is 12.1. The molecule has 0 radical (unpaired) electrons. The van der Waals surface area contributed by atoms with Crippen LogP contribution in [0.3, 0.4) is 0 Å². The second kappa shape index (κ2) is 15.1. The molecule has 0 aliphatic rings. The first-order valence-corrected chi connectivity index (χ1v) is 12.1. The Balaban J connectivity index is 0.00000127. The van der Waals surface area contributed by atoms with Gasteiger partial charge in [0.1, 0.15) is 18.1 Å². The van der Waals surface area contributed by atoms with E-state index in [0.29, 0.717) is 42.0 Å². The highest BCUT2D eigenvalue weighted by Crippen LogP contribution is 2.38. The lowest BCUT2D eigenvalue weighted by molar-refractivity contribution is -0.111. The van der Waals surface area contributed by atoms with E-state index in [2.05, 4.69) is 27.2 Å². The van der Waals surface area contributed by atoms with Gasteiger partial charge in [0.05, 0.1) is 30.9 Å². The number of fused-ring (bicyclic) bond motifs is 1. The summed E-state index contributed by atoms with van der Waals surface area (Å²) in [6.07, 6.45) is 4.83. The van der Waals surface area contributed by atoms with E-state index in [1.54, 1.807) is 25.4 Å². The number of hydrogen-bond donors (Lipinski definition) is 3. The molecule has 0 bridgehead atoms. The summed E-state index contributed by atoms with van der Waals surface area (Å²) in [5, 5.41) is 7.07. The molecular formula is C29H37FN6O3. The van der Waals surface area contributed by atoms with Crippen molar-refractivity contribution in [2.75, 3.05) is 51.7 Å². The van der Waals surface area contributed by atoms with E-state index in [-0.39, 0.29) is 20.0 Å². The van der Waals surface area contributed by atoms with Gasteiger partial charge in [-0.05, 0) is 45.3 Å². The fraction of sp³-hybridized carbons (Fsp3) is 0.276. The summed E-state index contributed by atoms with van der Waals surface area (Å²) in [6.45, 7) is 5.89. The van der Waals surface area contributed by atoms with Crippen molar-refractivity contribution in [3.8, 4) is 22.8 Å². The molecule has 0 fully saturated rings. The number of likely N-dealkylation sites (N-methyl/N-ethyl adjacent to an activating group) is 1. The minimum atomic E-state index is -0.351. The Bertz CT molecular complexity index is 1370. The van der Waals surface area contributed by atoms with Gasteiger partial charge in [-0.25, -0.2) is 9.97 Å². The summed E-state index contributed by atoms with van der Waals surface area (Å²) in [7, 11) is 5.48. The Morgan fingerprint density at radius 1 is 1.18 bits per heavy atom. The molecular weight excluding hydrogens is 499 g/mol. The van der Waals surface area contributed by atoms with Crippen molar-refractivity contribution in [3.05, 3.63) is 67.5 Å². The second-order valence-corrected chi connectivity index (χ2v) is 8.30. The van der Waals surface area contributed by atoms with E-state index in [0.717, 1.165) is 22.2 Å². The fourth-order valence-corrected chi connectivity index (χ4v) is 3.54. The van der Waals surface area contributed by atoms with Gasteiger partial charge in [0.2, 0.25) is 11.9 Å². The van der Waals surface area contributed by atoms with Gasteiger partial charge in [-0.3, -0.25) is 9.18 Å². The third kappa shape index (κ3) is 8.27. The lowest BCUT2D eigenvalue weighted by Gasteiger charge is -2.18. The van der Waals surface area contributed by atoms with Crippen molar-refractivity contribution < 1.29 is 18.7 Å². The van der Waals surface area contributed by atoms with Gasteiger partial charge in [0.15, 0.2) is 0 Å². The van der Waals surface area contributed by atoms with Crippen LogP contribution in [0.4, 0.5) is 21.7 Å². The number of para-hydroxylation sites is 1. The number of nitrogens with zero attached hydrogens (tertiary/aromatic N) is 3. The highest BCUT2D eigenvalue weighted by Gasteiger charge is 2.15. The van der Waals surface area contributed by atoms with Gasteiger partial charge in [-0.2, -0.15) is 0 Å². The van der Waals surface area contributed by atoms with Crippen molar-refractivity contribution in [3.63, 3.8) is 0 Å². The van der Waals surface area contributed by atoms with Crippen LogP contribution in [-0.2, 0) is 4.79 Å². The van der Waals surface area contributed by atoms with E-state index < -0.39 is 0 Å². The molecule has 0 saturated heterocycles. The number of aromatic amines is 1. The minimum Gasteiger partial charge on any atom is -0.494 e. The first-order valence-electron chi connectivity index (χ1n) is 12.1. The Hall–Kier alpha value is -4.44. The molecule has 2 heterocycles. The lowest BCUT2D eigenvalue weighted by atomic mass is 10.1. The van der Waals surface area contributed by atoms with Crippen molar-refractivity contribution in [1.82, 2.24) is 19.9 Å². The molecule has 0 unspecified atom stereocenters. The van der Waals surface area contributed by atoms with Gasteiger partial charge in [-0.1, -0.05) is 32.2 Å². The predicted octanol–water partition coefficient (Wildman–Crippen LogP) is 6.05. The quantitative estimate of drug-likeness (QED) is 0.212. The number of carbonyl (C=O) groups is 1. The number of H-pyrrole nitrogens is 1. The largest absolute Gasteiger partial charge is 0.494 e. The van der Waals surface area contributed by atoms with Crippen molar-refractivity contribution >= 4 is 34.1 Å². The SMILES string of the molecule is C.C=CC(=O)Nc1cc(Nc2nccc(-c3c[nH]c4ccccc34)n2)c(OC)cc1OCCN(C)C.CCF. The molecule has 0 aliphatic heterocycles. The molecule has 4 aromatic rings. The number of alkyl halides is 1. The number of rotatable bonds is 10. The fourth-order valence-electron chi connectivity index (χ4n) is 3.54. The zero-order valence-corrected chi connectivity index (χ0v) is 22.0. The number of carbonyl (C=O) groups excluding carboxylic acids is 1. The van der Waals surface area contributed by atoms with Crippen LogP contribution in [0.1, 0.15) is 14.4 Å². The number of halogens is 1. The van der Waals surface area contributed by atoms with Crippen LogP contribution in [0, 0.1) is 0 Å². The highest BCUT2D eigenvalue weighted by molar-refractivity contribution is 6.00. The van der Waals surface area contributed by atoms with Gasteiger partial charge in [-0.15, -0.1) is 0 Å². The number of ether oxygens (including phenoxy) is 2. The van der Waals surface area contributed by atoms with Crippen LogP contribution < -0.4 is 20.1 Å². The number of methoxy groups -OCH3 is 1. The summed E-state index contributed by atoms with van der Waals surface area (Å²) in [5.74, 6) is 1.03. The lowest BCUT2D eigenvalue weighted by Crippen LogP contribution is -2.20. The minimum absolute atomic E-state index is 0. The van der Waals surface area contributed by atoms with Crippen LogP contribution in [0.5, 0.6) is 11.5 Å². The average Bonchev–Trinajstić information content (AvgIpc) is 3.34. The van der Waals surface area contributed by atoms with E-state index >= 15 is 0 Å². The van der Waals surface area contributed by atoms with Gasteiger partial charge < -0.3 is 30.0 Å². The van der Waals surface area contributed by atoms with Gasteiger partial charge >= 0.3 is 0 Å². The molecule has 2 aromatic carbocycles. The Labute approximate surface area is 229 Å². The first-order chi connectivity index (χ1) is 18.4. The smallest absolute Gasteiger partial charge is 0.247 e. The van der Waals surface area contributed by atoms with Crippen LogP contribution >= 0.6 is 0 Å². The monoisotopic (exact) mass is 536 g/mol. The molecule has 10 heteroatoms. The van der Waals surface area contributed by atoms with E-state index in [1.807, 2.05) is 55.5 Å². The Kier molecular flexibility index (Phi) is 11.9. The maximum atomic E-state index is 12.1. The van der Waals surface area contributed by atoms with Crippen LogP contribution in [-0.4, -0.2) is 66.8 Å². The Morgan fingerprint density at radius 3 is 2.62 bits per heavy atom. The van der Waals surface area contributed by atoms with E-state index in [1.165, 1.54) is 13.0 Å². The van der Waals surface area contributed by atoms with Crippen molar-refractivity contribution in [1.29, 1.82) is 0 Å². The molecule has 39 heavy (non-hydrogen) atoms. The van der Waals surface area contributed by atoms with Crippen LogP contribution in [0.15, 0.2) is 67.5 Å². The number of nitrogens with one attached hydrogen (secondary N) is 3. The second-order valence-electron chi connectivity index (χ2n) is 8.30. The molecule has 3 N–H and O–H groups in total. The zero-order valence-electron chi connectivity index (χ0n) is 22.0. The number of aromatic nitrogens is 3. The molecule has 208 valence electrons. The Morgan fingerprint density at radius 2 is 1.92 bits per heavy atom. The summed E-state index contributed by atoms with van der Waals surface area (Å²) in [6, 6.07) is 13.3. The first kappa shape index (κ1) is 30.8. The average molecular weight is 537 g/mol. The van der Waals surface area contributed by atoms with E-state index in [9.17, 15) is 9.18 Å². The van der Waals surface area contributed by atoms with Gasteiger partial charge in [0.25, 0.3) is 0 Å². The summed E-state index contributed by atoms with van der Waals surface area (Å²) in [4.78, 5) is 26.4. The normalized spacial score (nSPS) is 10.2. The number of anilines is 3. The maximum Gasteiger partial charge on any atom is 0.247 e. The zero-order chi connectivity index (χ0) is 27.5. The molecule has 0 saturated carbocycles. The number of hydrogen-bond acceptors (Lipinski definition) is 7. The predicted molar refractivity (Wildman–Crippen MR) is 157 cm³/mol. The third-order valence-electron chi connectivity index (χ3n) is 5.31. The number of benzene rings is 2. The molecule has 9 nitrogen and oxygen atoms in total. The summed E-state index contributed by atoms with van der Waals surface area (Å²) < 4.78 is 21.8. The topological polar surface area (TPSA) is 104 Å². The van der Waals surface area contributed by atoms with Crippen LogP contribution in [0.25, 0.3) is 22.2 Å². The number of amides is 1. The molecule has 0 atom stereocenters. The molecule has 2 aromatic heterocycles. The van der Waals surface area contributed by atoms with Crippen LogP contribution in [0.2, 0.25) is 0 Å². The molecule has 1 amide bonds.